The number of benzene rings is 2. The van der Waals surface area contributed by atoms with Crippen LogP contribution in [-0.2, 0) is 11.3 Å². The number of nitrogens with zero attached hydrogens (tertiary/aromatic N) is 3. The third kappa shape index (κ3) is 3.67. The van der Waals surface area contributed by atoms with Gasteiger partial charge in [0.2, 0.25) is 0 Å². The van der Waals surface area contributed by atoms with Crippen LogP contribution in [0, 0.1) is 18.3 Å². The van der Waals surface area contributed by atoms with Crippen LogP contribution in [0.1, 0.15) is 27.3 Å². The number of nitriles is 1. The molecule has 0 saturated heterocycles. The molecule has 0 saturated carbocycles. The van der Waals surface area contributed by atoms with E-state index in [0.717, 1.165) is 5.69 Å². The summed E-state index contributed by atoms with van der Waals surface area (Å²) in [5.41, 5.74) is 2.89. The summed E-state index contributed by atoms with van der Waals surface area (Å²) < 4.78 is 17.6. The molecule has 7 nitrogen and oxygen atoms in total. The number of esters is 1. The van der Waals surface area contributed by atoms with E-state index in [-0.39, 0.29) is 6.61 Å². The van der Waals surface area contributed by atoms with E-state index in [1.54, 1.807) is 29.8 Å². The number of hydrogen-bond donors (Lipinski definition) is 0. The zero-order valence-electron chi connectivity index (χ0n) is 15.8. The first-order valence-corrected chi connectivity index (χ1v) is 8.52. The van der Waals surface area contributed by atoms with Crippen molar-refractivity contribution in [3.8, 4) is 23.3 Å². The number of para-hydroxylation sites is 1. The Morgan fingerprint density at radius 3 is 2.57 bits per heavy atom. The van der Waals surface area contributed by atoms with Crippen molar-refractivity contribution in [2.45, 2.75) is 13.5 Å². The van der Waals surface area contributed by atoms with Gasteiger partial charge in [-0.2, -0.15) is 10.4 Å². The van der Waals surface area contributed by atoms with Crippen molar-refractivity contribution >= 4 is 5.97 Å². The van der Waals surface area contributed by atoms with Crippen molar-refractivity contribution in [2.75, 3.05) is 14.2 Å². The molecule has 3 rings (SSSR count). The van der Waals surface area contributed by atoms with Crippen LogP contribution in [0.3, 0.4) is 0 Å². The molecule has 0 amide bonds. The molecular weight excluding hydrogens is 358 g/mol. The van der Waals surface area contributed by atoms with Gasteiger partial charge in [0.05, 0.1) is 31.3 Å². The second-order valence-electron chi connectivity index (χ2n) is 5.91. The third-order valence-corrected chi connectivity index (χ3v) is 4.22. The van der Waals surface area contributed by atoms with Crippen LogP contribution < -0.4 is 9.47 Å². The highest BCUT2D eigenvalue weighted by Crippen LogP contribution is 2.27. The van der Waals surface area contributed by atoms with Gasteiger partial charge in [0.1, 0.15) is 35.3 Å². The molecule has 28 heavy (non-hydrogen) atoms. The van der Waals surface area contributed by atoms with Gasteiger partial charge in [-0.3, -0.25) is 0 Å². The number of methoxy groups -OCH3 is 2. The average Bonchev–Trinajstić information content (AvgIpc) is 3.07. The summed E-state index contributed by atoms with van der Waals surface area (Å²) in [5.74, 6) is 0.345. The number of aryl methyl sites for hydroxylation is 1. The smallest absolute Gasteiger partial charge is 0.341 e. The highest BCUT2D eigenvalue weighted by molar-refractivity contribution is 5.92. The molecule has 142 valence electrons. The van der Waals surface area contributed by atoms with Gasteiger partial charge in [-0.25, -0.2) is 9.48 Å². The number of rotatable bonds is 6. The minimum atomic E-state index is -0.493. The maximum atomic E-state index is 11.8. The van der Waals surface area contributed by atoms with E-state index >= 15 is 0 Å². The summed E-state index contributed by atoms with van der Waals surface area (Å²) in [5, 5.41) is 14.0. The van der Waals surface area contributed by atoms with Crippen molar-refractivity contribution in [3.05, 3.63) is 71.0 Å². The minimum absolute atomic E-state index is 0.124. The summed E-state index contributed by atoms with van der Waals surface area (Å²) >= 11 is 0. The number of carbonyl (C=O) groups is 1. The zero-order chi connectivity index (χ0) is 20.1. The lowest BCUT2D eigenvalue weighted by molar-refractivity contribution is 0.0597. The fraction of sp³-hybridized carbons (Fsp3) is 0.190. The Morgan fingerprint density at radius 1 is 1.18 bits per heavy atom. The maximum absolute atomic E-state index is 11.8. The number of carbonyl (C=O) groups excluding carboxylic acids is 1. The molecular formula is C21H19N3O4. The van der Waals surface area contributed by atoms with Gasteiger partial charge >= 0.3 is 5.97 Å². The van der Waals surface area contributed by atoms with Gasteiger partial charge < -0.3 is 14.2 Å². The predicted octanol–water partition coefficient (Wildman–Crippen LogP) is 3.43. The van der Waals surface area contributed by atoms with Gasteiger partial charge in [0.15, 0.2) is 0 Å². The lowest BCUT2D eigenvalue weighted by Crippen LogP contribution is -2.08. The lowest BCUT2D eigenvalue weighted by atomic mass is 10.2. The van der Waals surface area contributed by atoms with E-state index in [1.807, 2.05) is 30.3 Å². The van der Waals surface area contributed by atoms with Crippen LogP contribution in [-0.4, -0.2) is 30.0 Å². The summed E-state index contributed by atoms with van der Waals surface area (Å²) in [6.07, 6.45) is 0. The first-order chi connectivity index (χ1) is 13.6. The van der Waals surface area contributed by atoms with Crippen LogP contribution in [0.15, 0.2) is 48.5 Å². The molecule has 0 unspecified atom stereocenters. The molecule has 0 radical (unpaired) electrons. The summed E-state index contributed by atoms with van der Waals surface area (Å²) in [4.78, 5) is 11.8. The highest BCUT2D eigenvalue weighted by Gasteiger charge is 2.18. The standard InChI is InChI=1S/C21H19N3O4/c1-14-18(12-22)19(24(23-14)15-7-5-4-6-8-15)13-28-16-9-10-17(21(25)27-3)20(11-16)26-2/h4-11H,13H2,1-3H3. The highest BCUT2D eigenvalue weighted by atomic mass is 16.5. The van der Waals surface area contributed by atoms with Crippen molar-refractivity contribution < 1.29 is 19.0 Å². The van der Waals surface area contributed by atoms with Crippen molar-refractivity contribution in [3.63, 3.8) is 0 Å². The Bertz CT molecular complexity index is 1040. The molecule has 0 aliphatic rings. The topological polar surface area (TPSA) is 86.4 Å². The van der Waals surface area contributed by atoms with E-state index in [0.29, 0.717) is 34.0 Å². The van der Waals surface area contributed by atoms with Crippen LogP contribution in [0.4, 0.5) is 0 Å². The SMILES string of the molecule is COC(=O)c1ccc(OCc2c(C#N)c(C)nn2-c2ccccc2)cc1OC. The van der Waals surface area contributed by atoms with E-state index in [4.69, 9.17) is 14.2 Å². The molecule has 0 bridgehead atoms. The molecule has 0 N–H and O–H groups in total. The Morgan fingerprint density at radius 2 is 1.93 bits per heavy atom. The van der Waals surface area contributed by atoms with Crippen LogP contribution in [0.2, 0.25) is 0 Å². The van der Waals surface area contributed by atoms with Crippen LogP contribution >= 0.6 is 0 Å². The molecule has 1 heterocycles. The Labute approximate surface area is 162 Å². The first-order valence-electron chi connectivity index (χ1n) is 8.52. The normalized spacial score (nSPS) is 10.2. The van der Waals surface area contributed by atoms with Crippen LogP contribution in [0.5, 0.6) is 11.5 Å². The monoisotopic (exact) mass is 377 g/mol. The summed E-state index contributed by atoms with van der Waals surface area (Å²) in [7, 11) is 2.77. The molecule has 7 heteroatoms. The molecule has 0 aliphatic carbocycles. The van der Waals surface area contributed by atoms with Crippen molar-refractivity contribution in [2.24, 2.45) is 0 Å². The van der Waals surface area contributed by atoms with Crippen LogP contribution in [0.25, 0.3) is 5.69 Å². The second-order valence-corrected chi connectivity index (χ2v) is 5.91. The fourth-order valence-corrected chi connectivity index (χ4v) is 2.83. The molecule has 3 aromatic rings. The molecule has 0 spiro atoms. The largest absolute Gasteiger partial charge is 0.496 e. The average molecular weight is 377 g/mol. The maximum Gasteiger partial charge on any atom is 0.341 e. The van der Waals surface area contributed by atoms with Gasteiger partial charge in [0, 0.05) is 6.07 Å². The Hall–Kier alpha value is -3.79. The van der Waals surface area contributed by atoms with E-state index in [2.05, 4.69) is 11.2 Å². The third-order valence-electron chi connectivity index (χ3n) is 4.22. The molecule has 1 aromatic heterocycles. The number of aromatic nitrogens is 2. The first kappa shape index (κ1) is 19.0. The molecule has 2 aromatic carbocycles. The lowest BCUT2D eigenvalue weighted by Gasteiger charge is -2.12. The predicted molar refractivity (Wildman–Crippen MR) is 102 cm³/mol. The van der Waals surface area contributed by atoms with E-state index in [9.17, 15) is 10.1 Å². The summed E-state index contributed by atoms with van der Waals surface area (Å²) in [6.45, 7) is 1.91. The quantitative estimate of drug-likeness (QED) is 0.612. The molecule has 0 fully saturated rings. The molecule has 0 aliphatic heterocycles. The van der Waals surface area contributed by atoms with E-state index in [1.165, 1.54) is 14.2 Å². The van der Waals surface area contributed by atoms with Gasteiger partial charge in [-0.05, 0) is 31.2 Å². The van der Waals surface area contributed by atoms with Crippen molar-refractivity contribution in [1.29, 1.82) is 5.26 Å². The Kier molecular flexibility index (Phi) is 5.61. The van der Waals surface area contributed by atoms with Gasteiger partial charge in [0.25, 0.3) is 0 Å². The Balaban J connectivity index is 1.91. The zero-order valence-corrected chi connectivity index (χ0v) is 15.8. The number of ether oxygens (including phenoxy) is 3. The molecule has 0 atom stereocenters. The van der Waals surface area contributed by atoms with Gasteiger partial charge in [-0.1, -0.05) is 18.2 Å². The van der Waals surface area contributed by atoms with E-state index < -0.39 is 5.97 Å². The second kappa shape index (κ2) is 8.27. The van der Waals surface area contributed by atoms with Crippen molar-refractivity contribution in [1.82, 2.24) is 9.78 Å². The number of hydrogen-bond acceptors (Lipinski definition) is 6. The minimum Gasteiger partial charge on any atom is -0.496 e. The summed E-state index contributed by atoms with van der Waals surface area (Å²) in [6, 6.07) is 16.6. The van der Waals surface area contributed by atoms with Gasteiger partial charge in [-0.15, -0.1) is 0 Å². The fourth-order valence-electron chi connectivity index (χ4n) is 2.83.